The maximum absolute atomic E-state index is 6.69. The maximum atomic E-state index is 6.69. The van der Waals surface area contributed by atoms with E-state index in [9.17, 15) is 0 Å². The lowest BCUT2D eigenvalue weighted by atomic mass is 9.35. The van der Waals surface area contributed by atoms with Gasteiger partial charge in [-0.15, -0.1) is 0 Å². The molecule has 0 N–H and O–H groups in total. The second-order valence-electron chi connectivity index (χ2n) is 12.4. The van der Waals surface area contributed by atoms with Gasteiger partial charge in [-0.2, -0.15) is 0 Å². The monoisotopic (exact) mass is 598 g/mol. The van der Waals surface area contributed by atoms with Crippen LogP contribution in [-0.2, 0) is 0 Å². The first-order valence-electron chi connectivity index (χ1n) is 16.1. The minimum absolute atomic E-state index is 0.0525. The van der Waals surface area contributed by atoms with Crippen LogP contribution in [0.15, 0.2) is 164 Å². The van der Waals surface area contributed by atoms with Crippen LogP contribution in [0, 0.1) is 0 Å². The normalized spacial score (nSPS) is 12.6. The Labute approximate surface area is 273 Å². The first kappa shape index (κ1) is 26.2. The quantitative estimate of drug-likeness (QED) is 0.149. The topological polar surface area (TPSA) is 18.5 Å². The molecule has 0 radical (unpaired) electrons. The number of fused-ring (bicyclic) bond motifs is 6. The maximum Gasteiger partial charge on any atom is 0.260 e. The average Bonchev–Trinajstić information content (AvgIpc) is 3.14. The summed E-state index contributed by atoms with van der Waals surface area (Å²) in [6.45, 7) is 0.0525. The number of ether oxygens (including phenoxy) is 2. The van der Waals surface area contributed by atoms with Gasteiger partial charge in [-0.3, -0.25) is 0 Å². The van der Waals surface area contributed by atoms with E-state index in [4.69, 9.17) is 9.47 Å². The summed E-state index contributed by atoms with van der Waals surface area (Å²) in [4.78, 5) is 0. The largest absolute Gasteiger partial charge is 0.458 e. The highest BCUT2D eigenvalue weighted by atomic mass is 16.5. The molecule has 10 rings (SSSR count). The number of para-hydroxylation sites is 1. The van der Waals surface area contributed by atoms with Gasteiger partial charge in [0.2, 0.25) is 0 Å². The highest BCUT2D eigenvalue weighted by Gasteiger charge is 2.39. The van der Waals surface area contributed by atoms with Crippen molar-refractivity contribution in [1.82, 2.24) is 0 Å². The Hall–Kier alpha value is -6.06. The van der Waals surface area contributed by atoms with Crippen molar-refractivity contribution in [2.75, 3.05) is 0 Å². The Morgan fingerprint density at radius 2 is 0.809 bits per heavy atom. The predicted octanol–water partition coefficient (Wildman–Crippen LogP) is 9.72. The van der Waals surface area contributed by atoms with Crippen LogP contribution in [0.25, 0.3) is 54.9 Å². The molecule has 0 amide bonds. The first-order valence-corrected chi connectivity index (χ1v) is 16.1. The summed E-state index contributed by atoms with van der Waals surface area (Å²) < 4.78 is 13.0. The summed E-state index contributed by atoms with van der Waals surface area (Å²) in [6.07, 6.45) is 0. The fourth-order valence-electron chi connectivity index (χ4n) is 7.77. The summed E-state index contributed by atoms with van der Waals surface area (Å²) in [5, 5.41) is 4.92. The van der Waals surface area contributed by atoms with Crippen LogP contribution in [0.4, 0.5) is 0 Å². The van der Waals surface area contributed by atoms with Gasteiger partial charge in [0.15, 0.2) is 0 Å². The molecule has 2 aliphatic rings. The minimum atomic E-state index is 0.0525. The molecule has 0 aromatic heterocycles. The second kappa shape index (κ2) is 10.2. The fraction of sp³-hybridized carbons (Fsp3) is 0. The second-order valence-corrected chi connectivity index (χ2v) is 12.4. The number of hydrogen-bond acceptors (Lipinski definition) is 2. The molecule has 0 saturated heterocycles. The van der Waals surface area contributed by atoms with Crippen molar-refractivity contribution in [2.24, 2.45) is 0 Å². The molecule has 0 fully saturated rings. The molecule has 2 nitrogen and oxygen atoms in total. The number of benzene rings is 8. The van der Waals surface area contributed by atoms with Gasteiger partial charge in [-0.25, -0.2) is 0 Å². The van der Waals surface area contributed by atoms with Crippen molar-refractivity contribution in [1.29, 1.82) is 0 Å². The van der Waals surface area contributed by atoms with E-state index in [1.54, 1.807) is 0 Å². The molecule has 47 heavy (non-hydrogen) atoms. The molecular weight excluding hydrogens is 571 g/mol. The molecule has 2 heterocycles. The Bertz CT molecular complexity index is 2480. The molecule has 0 atom stereocenters. The van der Waals surface area contributed by atoms with Crippen molar-refractivity contribution in [3.63, 3.8) is 0 Å². The lowest BCUT2D eigenvalue weighted by Crippen LogP contribution is -2.57. The zero-order valence-corrected chi connectivity index (χ0v) is 25.5. The average molecular weight is 599 g/mol. The van der Waals surface area contributed by atoms with Crippen LogP contribution < -0.4 is 25.9 Å². The zero-order chi connectivity index (χ0) is 30.9. The van der Waals surface area contributed by atoms with Crippen molar-refractivity contribution in [2.45, 2.75) is 0 Å². The zero-order valence-electron chi connectivity index (χ0n) is 25.5. The smallest absolute Gasteiger partial charge is 0.260 e. The lowest BCUT2D eigenvalue weighted by Gasteiger charge is -2.33. The van der Waals surface area contributed by atoms with E-state index in [1.807, 2.05) is 18.2 Å². The molecule has 0 spiro atoms. The van der Waals surface area contributed by atoms with E-state index in [0.29, 0.717) is 0 Å². The summed E-state index contributed by atoms with van der Waals surface area (Å²) in [5.74, 6) is 3.52. The summed E-state index contributed by atoms with van der Waals surface area (Å²) >= 11 is 0. The highest BCUT2D eigenvalue weighted by Crippen LogP contribution is 2.45. The van der Waals surface area contributed by atoms with Crippen molar-refractivity contribution in [3.05, 3.63) is 164 Å². The SMILES string of the molecule is c1ccc(-c2cccc(-c3c4ccccc4c(-c4ccc5c(c4)Oc4cccc6c4B5c4ccccc4O6)c4ccccc34)c2)cc1. The molecule has 0 unspecified atom stereocenters. The lowest BCUT2D eigenvalue weighted by molar-refractivity contribution is 0.464. The summed E-state index contributed by atoms with van der Waals surface area (Å²) in [5.41, 5.74) is 10.7. The van der Waals surface area contributed by atoms with Gasteiger partial charge >= 0.3 is 0 Å². The van der Waals surface area contributed by atoms with Gasteiger partial charge in [0.25, 0.3) is 6.71 Å². The van der Waals surface area contributed by atoms with E-state index in [1.165, 1.54) is 54.8 Å². The van der Waals surface area contributed by atoms with Gasteiger partial charge in [-0.1, -0.05) is 133 Å². The predicted molar refractivity (Wildman–Crippen MR) is 195 cm³/mol. The third kappa shape index (κ3) is 4.00. The molecule has 0 aliphatic carbocycles. The first-order chi connectivity index (χ1) is 23.3. The van der Waals surface area contributed by atoms with E-state index in [0.717, 1.165) is 39.5 Å². The van der Waals surface area contributed by atoms with Gasteiger partial charge in [-0.05, 0) is 96.2 Å². The van der Waals surface area contributed by atoms with Gasteiger partial charge in [0.05, 0.1) is 0 Å². The molecule has 0 saturated carbocycles. The van der Waals surface area contributed by atoms with Crippen molar-refractivity contribution >= 4 is 44.6 Å². The van der Waals surface area contributed by atoms with Gasteiger partial charge in [0.1, 0.15) is 23.0 Å². The number of rotatable bonds is 3. The van der Waals surface area contributed by atoms with E-state index in [-0.39, 0.29) is 6.71 Å². The van der Waals surface area contributed by atoms with E-state index >= 15 is 0 Å². The van der Waals surface area contributed by atoms with Crippen LogP contribution in [0.1, 0.15) is 0 Å². The van der Waals surface area contributed by atoms with E-state index in [2.05, 4.69) is 146 Å². The van der Waals surface area contributed by atoms with Gasteiger partial charge in [0, 0.05) is 5.46 Å². The highest BCUT2D eigenvalue weighted by molar-refractivity contribution is 6.98. The Morgan fingerprint density at radius 1 is 0.319 bits per heavy atom. The van der Waals surface area contributed by atoms with Crippen LogP contribution >= 0.6 is 0 Å². The molecule has 218 valence electrons. The number of hydrogen-bond donors (Lipinski definition) is 0. The molecule has 0 bridgehead atoms. The third-order valence-corrected chi connectivity index (χ3v) is 9.79. The molecule has 3 heteroatoms. The van der Waals surface area contributed by atoms with Gasteiger partial charge < -0.3 is 9.47 Å². The molecular formula is C44H27BO2. The molecule has 8 aromatic carbocycles. The standard InChI is InChI=1S/C44H27BO2/c1-2-12-28(13-3-1)29-14-10-15-30(26-29)42-32-16-4-6-18-34(32)43(35-19-7-5-17-33(35)42)31-24-25-37-41(27-31)47-40-23-11-22-39-44(40)45(37)36-20-8-9-21-38(36)46-39/h1-27H. The Morgan fingerprint density at radius 3 is 1.51 bits per heavy atom. The fourth-order valence-corrected chi connectivity index (χ4v) is 7.77. The van der Waals surface area contributed by atoms with Crippen LogP contribution in [0.2, 0.25) is 0 Å². The van der Waals surface area contributed by atoms with Crippen molar-refractivity contribution < 1.29 is 9.47 Å². The Kier molecular flexibility index (Phi) is 5.70. The molecule has 8 aromatic rings. The Balaban J connectivity index is 1.19. The third-order valence-electron chi connectivity index (χ3n) is 9.79. The van der Waals surface area contributed by atoms with Crippen LogP contribution in [0.3, 0.4) is 0 Å². The summed E-state index contributed by atoms with van der Waals surface area (Å²) in [7, 11) is 0. The van der Waals surface area contributed by atoms with Crippen LogP contribution in [0.5, 0.6) is 23.0 Å². The van der Waals surface area contributed by atoms with Crippen molar-refractivity contribution in [3.8, 4) is 56.4 Å². The van der Waals surface area contributed by atoms with E-state index < -0.39 is 0 Å². The van der Waals surface area contributed by atoms with Crippen LogP contribution in [-0.4, -0.2) is 6.71 Å². The minimum Gasteiger partial charge on any atom is -0.458 e. The summed E-state index contributed by atoms with van der Waals surface area (Å²) in [6, 6.07) is 58.5. The molecule has 2 aliphatic heterocycles.